The fourth-order valence-electron chi connectivity index (χ4n) is 1.11. The molecule has 0 fully saturated rings. The molecule has 1 atom stereocenters. The van der Waals surface area contributed by atoms with E-state index in [9.17, 15) is 9.59 Å². The molecule has 0 saturated carbocycles. The third kappa shape index (κ3) is 10.3. The van der Waals surface area contributed by atoms with Crippen molar-refractivity contribution in [3.05, 3.63) is 11.6 Å². The molecule has 0 radical (unpaired) electrons. The van der Waals surface area contributed by atoms with E-state index in [0.717, 1.165) is 0 Å². The second kappa shape index (κ2) is 9.27. The second-order valence-electron chi connectivity index (χ2n) is 5.02. The minimum absolute atomic E-state index is 0.287. The third-order valence-corrected chi connectivity index (χ3v) is 2.05. The maximum atomic E-state index is 11.7. The summed E-state index contributed by atoms with van der Waals surface area (Å²) in [4.78, 5) is 23.1. The lowest BCUT2D eigenvalue weighted by atomic mass is 10.2. The normalized spacial score (nSPS) is 12.2. The van der Waals surface area contributed by atoms with Crippen molar-refractivity contribution >= 4 is 23.6 Å². The summed E-state index contributed by atoms with van der Waals surface area (Å²) >= 11 is 5.30. The van der Waals surface area contributed by atoms with Crippen LogP contribution in [0.3, 0.4) is 0 Å². The fraction of sp³-hybridized carbons (Fsp3) is 0.571. The van der Waals surface area contributed by atoms with Crippen LogP contribution in [0.5, 0.6) is 0 Å². The lowest BCUT2D eigenvalue weighted by Gasteiger charge is -2.21. The van der Waals surface area contributed by atoms with E-state index < -0.39 is 17.7 Å². The average Bonchev–Trinajstić information content (AvgIpc) is 2.30. The summed E-state index contributed by atoms with van der Waals surface area (Å²) in [7, 11) is 0. The lowest BCUT2D eigenvalue weighted by molar-refractivity contribution is -0.122. The van der Waals surface area contributed by atoms with Gasteiger partial charge in [-0.15, -0.1) is 0 Å². The molecule has 0 saturated heterocycles. The first-order chi connectivity index (χ1) is 9.26. The molecule has 0 bridgehead atoms. The third-order valence-electron chi connectivity index (χ3n) is 1.92. The van der Waals surface area contributed by atoms with Crippen LogP contribution in [0.4, 0.5) is 4.79 Å². The number of rotatable bonds is 4. The van der Waals surface area contributed by atoms with Crippen molar-refractivity contribution in [1.82, 2.24) is 10.6 Å². The fourth-order valence-corrected chi connectivity index (χ4v) is 1.18. The van der Waals surface area contributed by atoms with Crippen molar-refractivity contribution in [2.75, 3.05) is 6.54 Å². The number of ether oxygens (including phenoxy) is 1. The van der Waals surface area contributed by atoms with Gasteiger partial charge in [0.2, 0.25) is 5.91 Å². The Labute approximate surface area is 125 Å². The molecule has 0 aliphatic rings. The molecule has 0 heterocycles. The van der Waals surface area contributed by atoms with E-state index >= 15 is 0 Å². The Balaban J connectivity index is 3.99. The number of amides is 2. The summed E-state index contributed by atoms with van der Waals surface area (Å²) in [6.07, 6.45) is 1.40. The van der Waals surface area contributed by atoms with Crippen LogP contribution in [0.2, 0.25) is 0 Å². The van der Waals surface area contributed by atoms with Crippen LogP contribution in [-0.4, -0.2) is 30.2 Å². The molecule has 2 amide bonds. The number of hydrogen-bond acceptors (Lipinski definition) is 3. The Morgan fingerprint density at radius 2 is 2.05 bits per heavy atom. The van der Waals surface area contributed by atoms with Gasteiger partial charge in [-0.1, -0.05) is 23.4 Å². The maximum absolute atomic E-state index is 11.7. The monoisotopic (exact) mass is 300 g/mol. The van der Waals surface area contributed by atoms with Crippen molar-refractivity contribution < 1.29 is 14.3 Å². The molecule has 0 rings (SSSR count). The average molecular weight is 301 g/mol. The number of allylic oxidation sites excluding steroid dienone is 1. The summed E-state index contributed by atoms with van der Waals surface area (Å²) in [5, 5.41) is 5.12. The number of carbonyl (C=O) groups is 2. The van der Waals surface area contributed by atoms with Gasteiger partial charge in [-0.2, -0.15) is 0 Å². The van der Waals surface area contributed by atoms with Crippen LogP contribution in [-0.2, 0) is 9.53 Å². The van der Waals surface area contributed by atoms with Gasteiger partial charge in [0.1, 0.15) is 11.6 Å². The number of carbonyl (C=O) groups excluding carboxylic acids is 2. The number of halogens is 1. The van der Waals surface area contributed by atoms with Crippen molar-refractivity contribution in [2.45, 2.75) is 45.8 Å². The van der Waals surface area contributed by atoms with Crippen LogP contribution in [0, 0.1) is 11.8 Å². The molecule has 6 heteroatoms. The van der Waals surface area contributed by atoms with Crippen LogP contribution >= 0.6 is 11.6 Å². The van der Waals surface area contributed by atoms with Gasteiger partial charge in [-0.3, -0.25) is 4.79 Å². The molecule has 0 aliphatic heterocycles. The highest BCUT2D eigenvalue weighted by Crippen LogP contribution is 2.06. The van der Waals surface area contributed by atoms with Crippen molar-refractivity contribution in [3.8, 4) is 11.8 Å². The molecule has 0 unspecified atom stereocenters. The molecule has 20 heavy (non-hydrogen) atoms. The molecule has 0 spiro atoms. The van der Waals surface area contributed by atoms with Gasteiger partial charge in [-0.25, -0.2) is 4.79 Å². The Hall–Kier alpha value is -1.67. The van der Waals surface area contributed by atoms with Crippen LogP contribution in [0.1, 0.15) is 34.1 Å². The molecule has 0 aromatic rings. The van der Waals surface area contributed by atoms with E-state index in [1.807, 2.05) is 0 Å². The van der Waals surface area contributed by atoms with Crippen LogP contribution in [0.15, 0.2) is 11.6 Å². The summed E-state index contributed by atoms with van der Waals surface area (Å²) in [6.45, 7) is 7.26. The van der Waals surface area contributed by atoms with Gasteiger partial charge >= 0.3 is 6.09 Å². The Bertz CT molecular complexity index is 416. The largest absolute Gasteiger partial charge is 0.444 e. The molecule has 0 aromatic carbocycles. The predicted octanol–water partition coefficient (Wildman–Crippen LogP) is 2.16. The quantitative estimate of drug-likeness (QED) is 0.617. The minimum Gasteiger partial charge on any atom is -0.444 e. The summed E-state index contributed by atoms with van der Waals surface area (Å²) in [5.74, 6) is 5.21. The Morgan fingerprint density at radius 3 is 2.60 bits per heavy atom. The first-order valence-corrected chi connectivity index (χ1v) is 6.70. The predicted molar refractivity (Wildman–Crippen MR) is 79.2 cm³/mol. The topological polar surface area (TPSA) is 67.4 Å². The van der Waals surface area contributed by atoms with Gasteiger partial charge < -0.3 is 15.4 Å². The van der Waals surface area contributed by atoms with Gasteiger partial charge in [0, 0.05) is 18.5 Å². The van der Waals surface area contributed by atoms with Gasteiger partial charge in [-0.05, 0) is 33.8 Å². The molecule has 0 aromatic heterocycles. The molecule has 0 aliphatic carbocycles. The van der Waals surface area contributed by atoms with Crippen molar-refractivity contribution in [2.24, 2.45) is 0 Å². The first kappa shape index (κ1) is 18.3. The highest BCUT2D eigenvalue weighted by atomic mass is 35.5. The minimum atomic E-state index is -0.666. The lowest BCUT2D eigenvalue weighted by Crippen LogP contribution is -2.46. The van der Waals surface area contributed by atoms with Crippen LogP contribution < -0.4 is 10.6 Å². The SMILES string of the molecule is C[C@H](NC(=O)OC(C)(C)C)C(=O)NCCC#C/C=C\Cl. The van der Waals surface area contributed by atoms with E-state index in [1.54, 1.807) is 27.7 Å². The Morgan fingerprint density at radius 1 is 1.40 bits per heavy atom. The smallest absolute Gasteiger partial charge is 0.408 e. The highest BCUT2D eigenvalue weighted by Gasteiger charge is 2.20. The Kier molecular flexibility index (Phi) is 8.49. The number of hydrogen-bond donors (Lipinski definition) is 2. The number of alkyl carbamates (subject to hydrolysis) is 1. The maximum Gasteiger partial charge on any atom is 0.408 e. The van der Waals surface area contributed by atoms with E-state index in [1.165, 1.54) is 11.6 Å². The van der Waals surface area contributed by atoms with Crippen molar-refractivity contribution in [3.63, 3.8) is 0 Å². The van der Waals surface area contributed by atoms with E-state index in [-0.39, 0.29) is 5.91 Å². The van der Waals surface area contributed by atoms with E-state index in [2.05, 4.69) is 22.5 Å². The van der Waals surface area contributed by atoms with Crippen molar-refractivity contribution in [1.29, 1.82) is 0 Å². The molecule has 5 nitrogen and oxygen atoms in total. The van der Waals surface area contributed by atoms with E-state index in [0.29, 0.717) is 13.0 Å². The molecular formula is C14H21ClN2O3. The van der Waals surface area contributed by atoms with Gasteiger partial charge in [0.15, 0.2) is 0 Å². The van der Waals surface area contributed by atoms with Gasteiger partial charge in [0.05, 0.1) is 0 Å². The highest BCUT2D eigenvalue weighted by molar-refractivity contribution is 6.25. The number of nitrogens with one attached hydrogen (secondary N) is 2. The summed E-state index contributed by atoms with van der Waals surface area (Å²) in [6, 6.07) is -0.666. The molecule has 2 N–H and O–H groups in total. The second-order valence-corrected chi connectivity index (χ2v) is 5.27. The standard InChI is InChI=1S/C14H21ClN2O3/c1-11(17-13(19)20-14(2,3)4)12(18)16-10-8-6-5-7-9-15/h7,9,11H,8,10H2,1-4H3,(H,16,18)(H,17,19)/b9-7-/t11-/m0/s1. The zero-order valence-electron chi connectivity index (χ0n) is 12.2. The summed E-state index contributed by atoms with van der Waals surface area (Å²) in [5.41, 5.74) is 0.726. The zero-order chi connectivity index (χ0) is 15.6. The van der Waals surface area contributed by atoms with E-state index in [4.69, 9.17) is 16.3 Å². The van der Waals surface area contributed by atoms with Crippen LogP contribution in [0.25, 0.3) is 0 Å². The van der Waals surface area contributed by atoms with Gasteiger partial charge in [0.25, 0.3) is 0 Å². The first-order valence-electron chi connectivity index (χ1n) is 6.27. The molecule has 112 valence electrons. The zero-order valence-corrected chi connectivity index (χ0v) is 13.0. The summed E-state index contributed by atoms with van der Waals surface area (Å²) < 4.78 is 5.06. The molecular weight excluding hydrogens is 280 g/mol.